The zero-order valence-electron chi connectivity index (χ0n) is 14.0. The highest BCUT2D eigenvalue weighted by atomic mass is 32.2. The zero-order valence-corrected chi connectivity index (χ0v) is 14.8. The Kier molecular flexibility index (Phi) is 4.44. The van der Waals surface area contributed by atoms with Crippen LogP contribution < -0.4 is 4.90 Å². The van der Waals surface area contributed by atoms with Gasteiger partial charge in [-0.15, -0.1) is 0 Å². The molecule has 25 heavy (non-hydrogen) atoms. The van der Waals surface area contributed by atoms with Crippen LogP contribution in [0.15, 0.2) is 52.2 Å². The molecule has 128 valence electrons. The van der Waals surface area contributed by atoms with Crippen molar-refractivity contribution < 1.29 is 9.21 Å². The van der Waals surface area contributed by atoms with Gasteiger partial charge in [0.15, 0.2) is 11.2 Å². The number of thioether (sulfide) groups is 1. The van der Waals surface area contributed by atoms with Crippen molar-refractivity contribution >= 4 is 34.6 Å². The number of anilines is 1. The van der Waals surface area contributed by atoms with Gasteiger partial charge in [-0.05, 0) is 43.0 Å². The molecule has 4 rings (SSSR count). The molecule has 0 spiro atoms. The molecule has 1 aromatic carbocycles. The molecule has 1 aliphatic heterocycles. The first kappa shape index (κ1) is 16.1. The first-order valence-electron chi connectivity index (χ1n) is 8.53. The molecule has 0 aliphatic carbocycles. The van der Waals surface area contributed by atoms with Crippen LogP contribution in [0.2, 0.25) is 0 Å². The molecule has 6 heteroatoms. The van der Waals surface area contributed by atoms with Gasteiger partial charge < -0.3 is 9.32 Å². The molecule has 2 aromatic heterocycles. The molecule has 0 N–H and O–H groups in total. The standard InChI is InChI=1S/C19H19N3O2S/c1-2-16(25-19-21-17-15(24-19)10-5-11-20-17)18(23)22-12-6-8-13-7-3-4-9-14(13)22/h3-5,7,9-11,16H,2,6,8,12H2,1H3. The number of amides is 1. The van der Waals surface area contributed by atoms with Gasteiger partial charge in [0.05, 0.1) is 5.25 Å². The molecule has 3 heterocycles. The van der Waals surface area contributed by atoms with E-state index in [1.54, 1.807) is 6.20 Å². The fourth-order valence-electron chi connectivity index (χ4n) is 3.17. The fraction of sp³-hybridized carbons (Fsp3) is 0.316. The van der Waals surface area contributed by atoms with E-state index in [-0.39, 0.29) is 11.2 Å². The number of aryl methyl sites for hydroxylation is 1. The highest BCUT2D eigenvalue weighted by Gasteiger charge is 2.29. The smallest absolute Gasteiger partial charge is 0.259 e. The fourth-order valence-corrected chi connectivity index (χ4v) is 4.08. The summed E-state index contributed by atoms with van der Waals surface area (Å²) >= 11 is 1.38. The van der Waals surface area contributed by atoms with Gasteiger partial charge in [0.25, 0.3) is 5.22 Å². The Bertz CT molecular complexity index is 875. The van der Waals surface area contributed by atoms with Crippen LogP contribution in [-0.2, 0) is 11.2 Å². The van der Waals surface area contributed by atoms with Gasteiger partial charge >= 0.3 is 0 Å². The average molecular weight is 353 g/mol. The Labute approximate surface area is 150 Å². The predicted molar refractivity (Wildman–Crippen MR) is 98.9 cm³/mol. The van der Waals surface area contributed by atoms with Crippen molar-refractivity contribution in [1.29, 1.82) is 0 Å². The first-order valence-corrected chi connectivity index (χ1v) is 9.41. The maximum absolute atomic E-state index is 13.1. The molecule has 5 nitrogen and oxygen atoms in total. The minimum absolute atomic E-state index is 0.120. The van der Waals surface area contributed by atoms with Gasteiger partial charge in [-0.2, -0.15) is 4.98 Å². The van der Waals surface area contributed by atoms with Crippen LogP contribution in [0.3, 0.4) is 0 Å². The van der Waals surface area contributed by atoms with E-state index in [2.05, 4.69) is 16.0 Å². The number of hydrogen-bond acceptors (Lipinski definition) is 5. The lowest BCUT2D eigenvalue weighted by Gasteiger charge is -2.31. The molecular weight excluding hydrogens is 334 g/mol. The van der Waals surface area contributed by atoms with E-state index in [0.717, 1.165) is 25.1 Å². The maximum atomic E-state index is 13.1. The van der Waals surface area contributed by atoms with Crippen LogP contribution in [0.5, 0.6) is 0 Å². The number of carbonyl (C=O) groups is 1. The van der Waals surface area contributed by atoms with E-state index < -0.39 is 0 Å². The van der Waals surface area contributed by atoms with Crippen molar-refractivity contribution in [2.45, 2.75) is 36.7 Å². The molecule has 0 bridgehead atoms. The summed E-state index contributed by atoms with van der Waals surface area (Å²) in [6.45, 7) is 2.79. The second kappa shape index (κ2) is 6.88. The molecule has 1 atom stereocenters. The number of para-hydroxylation sites is 1. The highest BCUT2D eigenvalue weighted by molar-refractivity contribution is 8.00. The van der Waals surface area contributed by atoms with Crippen molar-refractivity contribution in [3.8, 4) is 0 Å². The summed E-state index contributed by atoms with van der Waals surface area (Å²) in [7, 11) is 0. The monoisotopic (exact) mass is 353 g/mol. The number of nitrogens with zero attached hydrogens (tertiary/aromatic N) is 3. The largest absolute Gasteiger partial charge is 0.430 e. The molecule has 1 unspecified atom stereocenters. The van der Waals surface area contributed by atoms with Crippen LogP contribution in [0.25, 0.3) is 11.2 Å². The zero-order chi connectivity index (χ0) is 17.2. The second-order valence-electron chi connectivity index (χ2n) is 6.04. The van der Waals surface area contributed by atoms with Gasteiger partial charge in [0.2, 0.25) is 5.91 Å². The van der Waals surface area contributed by atoms with Gasteiger partial charge in [-0.25, -0.2) is 4.98 Å². The summed E-state index contributed by atoms with van der Waals surface area (Å²) in [5, 5.41) is 0.276. The van der Waals surface area contributed by atoms with E-state index in [4.69, 9.17) is 4.42 Å². The normalized spacial score (nSPS) is 15.2. The van der Waals surface area contributed by atoms with Crippen molar-refractivity contribution in [1.82, 2.24) is 9.97 Å². The summed E-state index contributed by atoms with van der Waals surface area (Å²) in [6.07, 6.45) is 4.43. The Morgan fingerprint density at radius 1 is 1.32 bits per heavy atom. The summed E-state index contributed by atoms with van der Waals surface area (Å²) in [6, 6.07) is 11.8. The van der Waals surface area contributed by atoms with Crippen LogP contribution in [0.4, 0.5) is 5.69 Å². The lowest BCUT2D eigenvalue weighted by atomic mass is 10.0. The number of benzene rings is 1. The van der Waals surface area contributed by atoms with Crippen molar-refractivity contribution in [2.75, 3.05) is 11.4 Å². The third-order valence-electron chi connectivity index (χ3n) is 4.41. The molecule has 0 saturated heterocycles. The number of oxazole rings is 1. The van der Waals surface area contributed by atoms with Gasteiger partial charge in [-0.1, -0.05) is 36.9 Å². The van der Waals surface area contributed by atoms with Crippen LogP contribution in [0.1, 0.15) is 25.3 Å². The Morgan fingerprint density at radius 2 is 2.20 bits per heavy atom. The number of carbonyl (C=O) groups excluding carboxylic acids is 1. The van der Waals surface area contributed by atoms with E-state index in [0.29, 0.717) is 22.9 Å². The van der Waals surface area contributed by atoms with Gasteiger partial charge in [0, 0.05) is 18.4 Å². The molecule has 1 amide bonds. The molecule has 1 aliphatic rings. The third-order valence-corrected chi connectivity index (χ3v) is 5.61. The van der Waals surface area contributed by atoms with E-state index in [1.807, 2.05) is 42.2 Å². The predicted octanol–water partition coefficient (Wildman–Crippen LogP) is 4.07. The summed E-state index contributed by atoms with van der Waals surface area (Å²) in [5.74, 6) is 0.120. The minimum Gasteiger partial charge on any atom is -0.430 e. The maximum Gasteiger partial charge on any atom is 0.259 e. The van der Waals surface area contributed by atoms with Gasteiger partial charge in [-0.3, -0.25) is 4.79 Å². The molecule has 0 saturated carbocycles. The number of hydrogen-bond donors (Lipinski definition) is 0. The topological polar surface area (TPSA) is 59.2 Å². The number of fused-ring (bicyclic) bond motifs is 2. The van der Waals surface area contributed by atoms with Gasteiger partial charge in [0.1, 0.15) is 0 Å². The first-order chi connectivity index (χ1) is 12.3. The van der Waals surface area contributed by atoms with Crippen LogP contribution in [0, 0.1) is 0 Å². The molecule has 0 radical (unpaired) electrons. The molecular formula is C19H19N3O2S. The lowest BCUT2D eigenvalue weighted by molar-refractivity contribution is -0.118. The number of aromatic nitrogens is 2. The SMILES string of the molecule is CCC(Sc1nc2ncccc2o1)C(=O)N1CCCc2ccccc21. The number of pyridine rings is 1. The number of rotatable bonds is 4. The average Bonchev–Trinajstić information content (AvgIpc) is 3.07. The van der Waals surface area contributed by atoms with E-state index in [9.17, 15) is 4.79 Å². The Balaban J connectivity index is 1.57. The van der Waals surface area contributed by atoms with Crippen molar-refractivity contribution in [2.24, 2.45) is 0 Å². The summed E-state index contributed by atoms with van der Waals surface area (Å²) in [4.78, 5) is 23.6. The van der Waals surface area contributed by atoms with E-state index >= 15 is 0 Å². The second-order valence-corrected chi connectivity index (χ2v) is 7.20. The van der Waals surface area contributed by atoms with E-state index in [1.165, 1.54) is 17.3 Å². The van der Waals surface area contributed by atoms with Crippen molar-refractivity contribution in [3.05, 3.63) is 48.2 Å². The summed E-state index contributed by atoms with van der Waals surface area (Å²) in [5.41, 5.74) is 3.51. The highest BCUT2D eigenvalue weighted by Crippen LogP contribution is 2.32. The lowest BCUT2D eigenvalue weighted by Crippen LogP contribution is -2.40. The van der Waals surface area contributed by atoms with Crippen LogP contribution in [-0.4, -0.2) is 27.7 Å². The quantitative estimate of drug-likeness (QED) is 0.662. The van der Waals surface area contributed by atoms with Crippen LogP contribution >= 0.6 is 11.8 Å². The Morgan fingerprint density at radius 3 is 3.04 bits per heavy atom. The summed E-state index contributed by atoms with van der Waals surface area (Å²) < 4.78 is 5.73. The minimum atomic E-state index is -0.223. The Hall–Kier alpha value is -2.34. The molecule has 3 aromatic rings. The van der Waals surface area contributed by atoms with Crippen molar-refractivity contribution in [3.63, 3.8) is 0 Å². The third kappa shape index (κ3) is 3.14. The molecule has 0 fully saturated rings.